The van der Waals surface area contributed by atoms with E-state index in [9.17, 15) is 0 Å². The zero-order chi connectivity index (χ0) is 18.9. The summed E-state index contributed by atoms with van der Waals surface area (Å²) < 4.78 is 18.1. The molecule has 0 unspecified atom stereocenters. The smallest absolute Gasteiger partial charge is 0.248 e. The molecule has 9 nitrogen and oxygen atoms in total. The average molecular weight is 382 g/mol. The molecule has 2 saturated heterocycles. The van der Waals surface area contributed by atoms with E-state index in [1.807, 2.05) is 18.2 Å². The molecule has 3 aliphatic rings. The van der Waals surface area contributed by atoms with Crippen molar-refractivity contribution in [2.75, 3.05) is 49.0 Å². The Morgan fingerprint density at radius 2 is 1.89 bits per heavy atom. The van der Waals surface area contributed by atoms with Crippen LogP contribution in [0.1, 0.15) is 12.8 Å². The lowest BCUT2D eigenvalue weighted by Crippen LogP contribution is -2.36. The van der Waals surface area contributed by atoms with Crippen LogP contribution in [0.25, 0.3) is 5.70 Å². The number of fused-ring (bicyclic) bond motifs is 1. The molecule has 3 heterocycles. The number of nitrogens with zero attached hydrogens (tertiary/aromatic N) is 4. The standard InChI is InChI=1S/C19H22N6O3/c20-18-22-19(23-25(18)15-2-1-3-16-17(15)28-12-27-16)21-13-4-6-14(7-5-13)24-8-10-26-11-9-24/h3-7H,1-2,8-12H2,(H3,20,21,22,23). The molecule has 5 rings (SSSR count). The number of anilines is 4. The Bertz CT molecular complexity index is 928. The molecule has 0 radical (unpaired) electrons. The summed E-state index contributed by atoms with van der Waals surface area (Å²) in [6.45, 7) is 3.58. The van der Waals surface area contributed by atoms with Crippen LogP contribution in [0.2, 0.25) is 0 Å². The predicted octanol–water partition coefficient (Wildman–Crippen LogP) is 2.29. The fourth-order valence-electron chi connectivity index (χ4n) is 3.60. The number of nitrogen functional groups attached to an aromatic ring is 1. The van der Waals surface area contributed by atoms with Crippen LogP contribution in [-0.2, 0) is 14.2 Å². The van der Waals surface area contributed by atoms with Crippen molar-refractivity contribution in [1.82, 2.24) is 14.8 Å². The lowest BCUT2D eigenvalue weighted by molar-refractivity contribution is 0.0979. The summed E-state index contributed by atoms with van der Waals surface area (Å²) in [4.78, 5) is 6.66. The summed E-state index contributed by atoms with van der Waals surface area (Å²) in [5, 5.41) is 7.74. The van der Waals surface area contributed by atoms with Gasteiger partial charge in [-0.15, -0.1) is 5.10 Å². The zero-order valence-electron chi connectivity index (χ0n) is 15.4. The predicted molar refractivity (Wildman–Crippen MR) is 105 cm³/mol. The van der Waals surface area contributed by atoms with Gasteiger partial charge in [0.2, 0.25) is 18.7 Å². The molecule has 3 N–H and O–H groups in total. The highest BCUT2D eigenvalue weighted by atomic mass is 16.7. The maximum Gasteiger partial charge on any atom is 0.248 e. The third-order valence-corrected chi connectivity index (χ3v) is 5.00. The molecule has 28 heavy (non-hydrogen) atoms. The normalized spacial score (nSPS) is 19.0. The number of aromatic nitrogens is 3. The summed E-state index contributed by atoms with van der Waals surface area (Å²) in [6.07, 6.45) is 3.64. The van der Waals surface area contributed by atoms with Crippen LogP contribution in [0.4, 0.5) is 23.3 Å². The third kappa shape index (κ3) is 3.13. The number of benzene rings is 1. The second-order valence-electron chi connectivity index (χ2n) is 6.77. The van der Waals surface area contributed by atoms with Crippen molar-refractivity contribution in [3.05, 3.63) is 41.9 Å². The van der Waals surface area contributed by atoms with Crippen molar-refractivity contribution in [3.8, 4) is 0 Å². The Labute approximate surface area is 162 Å². The van der Waals surface area contributed by atoms with Gasteiger partial charge < -0.3 is 30.2 Å². The number of rotatable bonds is 4. The molecule has 0 bridgehead atoms. The maximum atomic E-state index is 6.11. The topological polar surface area (TPSA) is 99.7 Å². The third-order valence-electron chi connectivity index (χ3n) is 5.00. The van der Waals surface area contributed by atoms with Crippen molar-refractivity contribution in [2.45, 2.75) is 12.8 Å². The van der Waals surface area contributed by atoms with Crippen LogP contribution >= 0.6 is 0 Å². The van der Waals surface area contributed by atoms with Gasteiger partial charge in [0.05, 0.1) is 18.9 Å². The second-order valence-corrected chi connectivity index (χ2v) is 6.77. The van der Waals surface area contributed by atoms with Crippen LogP contribution in [0.3, 0.4) is 0 Å². The van der Waals surface area contributed by atoms with E-state index in [1.54, 1.807) is 4.68 Å². The highest BCUT2D eigenvalue weighted by Gasteiger charge is 2.27. The van der Waals surface area contributed by atoms with Gasteiger partial charge in [0.15, 0.2) is 11.5 Å². The van der Waals surface area contributed by atoms with Crippen molar-refractivity contribution in [2.24, 2.45) is 0 Å². The lowest BCUT2D eigenvalue weighted by Gasteiger charge is -2.28. The molecule has 1 aromatic heterocycles. The SMILES string of the molecule is Nc1nc(Nc2ccc(N3CCOCC3)cc2)nn1C1=C2OCOC2=CCC1. The fraction of sp³-hybridized carbons (Fsp3) is 0.368. The summed E-state index contributed by atoms with van der Waals surface area (Å²) in [6, 6.07) is 8.19. The Balaban J connectivity index is 1.34. The van der Waals surface area contributed by atoms with E-state index in [-0.39, 0.29) is 6.79 Å². The van der Waals surface area contributed by atoms with Crippen LogP contribution in [0, 0.1) is 0 Å². The number of hydrogen-bond acceptors (Lipinski definition) is 8. The van der Waals surface area contributed by atoms with Crippen LogP contribution in [-0.4, -0.2) is 47.9 Å². The van der Waals surface area contributed by atoms with E-state index in [0.717, 1.165) is 56.3 Å². The molecule has 1 aliphatic carbocycles. The monoisotopic (exact) mass is 382 g/mol. The zero-order valence-corrected chi connectivity index (χ0v) is 15.4. The van der Waals surface area contributed by atoms with E-state index in [0.29, 0.717) is 17.7 Å². The minimum Gasteiger partial charge on any atom is -0.454 e. The lowest BCUT2D eigenvalue weighted by atomic mass is 10.1. The minimum absolute atomic E-state index is 0.222. The van der Waals surface area contributed by atoms with Crippen molar-refractivity contribution < 1.29 is 14.2 Å². The minimum atomic E-state index is 0.222. The molecule has 0 spiro atoms. The first kappa shape index (κ1) is 16.9. The molecule has 0 saturated carbocycles. The number of nitrogens with two attached hydrogens (primary N) is 1. The molecule has 2 fully saturated rings. The quantitative estimate of drug-likeness (QED) is 0.831. The summed E-state index contributed by atoms with van der Waals surface area (Å²) in [5.74, 6) is 2.21. The van der Waals surface area contributed by atoms with E-state index >= 15 is 0 Å². The Morgan fingerprint density at radius 1 is 1.07 bits per heavy atom. The maximum absolute atomic E-state index is 6.11. The van der Waals surface area contributed by atoms with E-state index in [4.69, 9.17) is 19.9 Å². The number of morpholine rings is 1. The molecule has 1 aromatic carbocycles. The molecule has 0 amide bonds. The largest absolute Gasteiger partial charge is 0.454 e. The Kier molecular flexibility index (Phi) is 4.28. The molecular formula is C19H22N6O3. The van der Waals surface area contributed by atoms with Crippen LogP contribution in [0.15, 0.2) is 41.9 Å². The molecule has 9 heteroatoms. The van der Waals surface area contributed by atoms with Gasteiger partial charge >= 0.3 is 0 Å². The van der Waals surface area contributed by atoms with Gasteiger partial charge in [0.1, 0.15) is 0 Å². The van der Waals surface area contributed by atoms with Gasteiger partial charge in [-0.25, -0.2) is 0 Å². The molecule has 146 valence electrons. The summed E-state index contributed by atoms with van der Waals surface area (Å²) in [7, 11) is 0. The van der Waals surface area contributed by atoms with Crippen LogP contribution in [0.5, 0.6) is 0 Å². The van der Waals surface area contributed by atoms with Gasteiger partial charge in [-0.3, -0.25) is 0 Å². The number of hydrogen-bond donors (Lipinski definition) is 2. The first-order chi connectivity index (χ1) is 13.8. The highest BCUT2D eigenvalue weighted by molar-refractivity contribution is 5.63. The van der Waals surface area contributed by atoms with Gasteiger partial charge in [-0.2, -0.15) is 9.67 Å². The molecule has 2 aliphatic heterocycles. The second kappa shape index (κ2) is 7.08. The highest BCUT2D eigenvalue weighted by Crippen LogP contribution is 2.35. The van der Waals surface area contributed by atoms with Gasteiger partial charge in [-0.1, -0.05) is 0 Å². The van der Waals surface area contributed by atoms with Gasteiger partial charge in [-0.05, 0) is 43.2 Å². The van der Waals surface area contributed by atoms with E-state index in [1.165, 1.54) is 5.69 Å². The van der Waals surface area contributed by atoms with E-state index in [2.05, 4.69) is 32.4 Å². The van der Waals surface area contributed by atoms with Crippen molar-refractivity contribution in [1.29, 1.82) is 0 Å². The van der Waals surface area contributed by atoms with Crippen LogP contribution < -0.4 is 16.0 Å². The molecule has 2 aromatic rings. The van der Waals surface area contributed by atoms with Crippen molar-refractivity contribution >= 4 is 29.0 Å². The van der Waals surface area contributed by atoms with Gasteiger partial charge in [0.25, 0.3) is 0 Å². The van der Waals surface area contributed by atoms with Gasteiger partial charge in [0, 0.05) is 24.5 Å². The summed E-state index contributed by atoms with van der Waals surface area (Å²) >= 11 is 0. The van der Waals surface area contributed by atoms with Crippen molar-refractivity contribution in [3.63, 3.8) is 0 Å². The van der Waals surface area contributed by atoms with E-state index < -0.39 is 0 Å². The number of allylic oxidation sites excluding steroid dienone is 2. The Morgan fingerprint density at radius 3 is 2.71 bits per heavy atom. The number of nitrogens with one attached hydrogen (secondary N) is 1. The fourth-order valence-corrected chi connectivity index (χ4v) is 3.60. The number of ether oxygens (including phenoxy) is 3. The Hall–Kier alpha value is -3.20. The first-order valence-electron chi connectivity index (χ1n) is 9.40. The molecular weight excluding hydrogens is 360 g/mol. The average Bonchev–Trinajstić information content (AvgIpc) is 3.35. The molecule has 0 atom stereocenters. The summed E-state index contributed by atoms with van der Waals surface area (Å²) in [5.41, 5.74) is 9.06. The first-order valence-corrected chi connectivity index (χ1v) is 9.40.